The summed E-state index contributed by atoms with van der Waals surface area (Å²) in [6.07, 6.45) is 1.21. The second kappa shape index (κ2) is 11.3. The van der Waals surface area contributed by atoms with Gasteiger partial charge in [-0.1, -0.05) is 30.3 Å². The number of hydrogen-bond donors (Lipinski definition) is 1. The van der Waals surface area contributed by atoms with E-state index in [0.717, 1.165) is 50.3 Å². The summed E-state index contributed by atoms with van der Waals surface area (Å²) < 4.78 is 11.5. The maximum atomic E-state index is 12.9. The fourth-order valence-electron chi connectivity index (χ4n) is 4.35. The Hall–Kier alpha value is -3.23. The van der Waals surface area contributed by atoms with Gasteiger partial charge in [-0.25, -0.2) is 0 Å². The molecule has 2 heterocycles. The van der Waals surface area contributed by atoms with Gasteiger partial charge >= 0.3 is 0 Å². The summed E-state index contributed by atoms with van der Waals surface area (Å²) in [5, 5.41) is 2.54. The SMILES string of the molecule is CNC(=O)CCC(C=O)N1Cc2c(OCc3ccc(CN4CCOCC4)cc3)cccc2C1=O. The normalized spacial score (nSPS) is 16.7. The van der Waals surface area contributed by atoms with Crippen molar-refractivity contribution < 1.29 is 23.9 Å². The fourth-order valence-corrected chi connectivity index (χ4v) is 4.35. The summed E-state index contributed by atoms with van der Waals surface area (Å²) in [7, 11) is 1.55. The molecule has 0 saturated carbocycles. The number of nitrogens with one attached hydrogen (secondary N) is 1. The molecule has 2 aromatic carbocycles. The van der Waals surface area contributed by atoms with E-state index >= 15 is 0 Å². The average Bonchev–Trinajstić information content (AvgIpc) is 3.21. The number of aldehydes is 1. The Kier molecular flexibility index (Phi) is 7.92. The van der Waals surface area contributed by atoms with Crippen LogP contribution in [0.25, 0.3) is 0 Å². The predicted molar refractivity (Wildman–Crippen MR) is 126 cm³/mol. The van der Waals surface area contributed by atoms with Crippen LogP contribution in [0.15, 0.2) is 42.5 Å². The summed E-state index contributed by atoms with van der Waals surface area (Å²) >= 11 is 0. The topological polar surface area (TPSA) is 88.2 Å². The third-order valence-electron chi connectivity index (χ3n) is 6.38. The summed E-state index contributed by atoms with van der Waals surface area (Å²) in [5.41, 5.74) is 3.62. The first-order chi connectivity index (χ1) is 16.6. The molecule has 1 N–H and O–H groups in total. The second-order valence-corrected chi connectivity index (χ2v) is 8.62. The van der Waals surface area contributed by atoms with Gasteiger partial charge in [0.25, 0.3) is 5.91 Å². The highest BCUT2D eigenvalue weighted by Crippen LogP contribution is 2.33. The van der Waals surface area contributed by atoms with E-state index in [1.807, 2.05) is 6.07 Å². The molecule has 180 valence electrons. The average molecular weight is 466 g/mol. The van der Waals surface area contributed by atoms with E-state index in [9.17, 15) is 14.4 Å². The van der Waals surface area contributed by atoms with Gasteiger partial charge in [0.05, 0.1) is 25.8 Å². The first-order valence-corrected chi connectivity index (χ1v) is 11.7. The number of fused-ring (bicyclic) bond motifs is 1. The Morgan fingerprint density at radius 1 is 1.15 bits per heavy atom. The first-order valence-electron chi connectivity index (χ1n) is 11.7. The number of nitrogens with zero attached hydrogens (tertiary/aromatic N) is 2. The van der Waals surface area contributed by atoms with Crippen molar-refractivity contribution in [3.63, 3.8) is 0 Å². The molecule has 2 aliphatic rings. The van der Waals surface area contributed by atoms with E-state index in [4.69, 9.17) is 9.47 Å². The lowest BCUT2D eigenvalue weighted by atomic mass is 10.1. The van der Waals surface area contributed by atoms with Crippen LogP contribution in [0.3, 0.4) is 0 Å². The molecule has 0 aliphatic carbocycles. The molecular weight excluding hydrogens is 434 g/mol. The molecule has 1 saturated heterocycles. The van der Waals surface area contributed by atoms with Crippen LogP contribution in [0.1, 0.15) is 39.9 Å². The van der Waals surface area contributed by atoms with Crippen LogP contribution in [0.5, 0.6) is 5.75 Å². The number of carbonyl (C=O) groups is 3. The Morgan fingerprint density at radius 2 is 1.88 bits per heavy atom. The quantitative estimate of drug-likeness (QED) is 0.541. The summed E-state index contributed by atoms with van der Waals surface area (Å²) in [4.78, 5) is 40.1. The van der Waals surface area contributed by atoms with Gasteiger partial charge in [-0.15, -0.1) is 0 Å². The highest BCUT2D eigenvalue weighted by Gasteiger charge is 2.34. The van der Waals surface area contributed by atoms with Crippen molar-refractivity contribution in [3.8, 4) is 5.75 Å². The predicted octanol–water partition coefficient (Wildman–Crippen LogP) is 2.15. The standard InChI is InChI=1S/C26H31N3O5/c1-27-25(31)10-9-21(17-30)29-16-23-22(26(29)32)3-2-4-24(23)34-18-20-7-5-19(6-8-20)15-28-11-13-33-14-12-28/h2-8,17,21H,9-16,18H2,1H3,(H,27,31). The van der Waals surface area contributed by atoms with Crippen molar-refractivity contribution in [1.29, 1.82) is 0 Å². The highest BCUT2D eigenvalue weighted by atomic mass is 16.5. The van der Waals surface area contributed by atoms with Crippen LogP contribution in [-0.4, -0.2) is 67.3 Å². The van der Waals surface area contributed by atoms with Crippen molar-refractivity contribution in [3.05, 3.63) is 64.7 Å². The smallest absolute Gasteiger partial charge is 0.255 e. The second-order valence-electron chi connectivity index (χ2n) is 8.62. The molecule has 2 amide bonds. The number of amides is 2. The Labute approximate surface area is 199 Å². The zero-order valence-corrected chi connectivity index (χ0v) is 19.5. The van der Waals surface area contributed by atoms with Crippen LogP contribution in [0.2, 0.25) is 0 Å². The van der Waals surface area contributed by atoms with E-state index in [-0.39, 0.29) is 24.7 Å². The lowest BCUT2D eigenvalue weighted by Gasteiger charge is -2.26. The number of carbonyl (C=O) groups excluding carboxylic acids is 3. The zero-order chi connectivity index (χ0) is 23.9. The molecule has 0 radical (unpaired) electrons. The van der Waals surface area contributed by atoms with Crippen LogP contribution < -0.4 is 10.1 Å². The lowest BCUT2D eigenvalue weighted by molar-refractivity contribution is -0.121. The van der Waals surface area contributed by atoms with Crippen molar-refractivity contribution in [2.24, 2.45) is 0 Å². The summed E-state index contributed by atoms with van der Waals surface area (Å²) in [6, 6.07) is 13.1. The van der Waals surface area contributed by atoms with Crippen LogP contribution >= 0.6 is 0 Å². The van der Waals surface area contributed by atoms with Gasteiger partial charge in [-0.2, -0.15) is 0 Å². The molecule has 2 aromatic rings. The van der Waals surface area contributed by atoms with E-state index in [2.05, 4.69) is 34.5 Å². The van der Waals surface area contributed by atoms with Crippen LogP contribution in [0, 0.1) is 0 Å². The molecule has 1 unspecified atom stereocenters. The molecule has 2 aliphatic heterocycles. The molecule has 8 nitrogen and oxygen atoms in total. The minimum atomic E-state index is -0.649. The third kappa shape index (κ3) is 5.63. The maximum Gasteiger partial charge on any atom is 0.255 e. The molecule has 4 rings (SSSR count). The first kappa shape index (κ1) is 23.9. The molecule has 34 heavy (non-hydrogen) atoms. The minimum absolute atomic E-state index is 0.156. The number of morpholine rings is 1. The van der Waals surface area contributed by atoms with Crippen molar-refractivity contribution in [1.82, 2.24) is 15.1 Å². The van der Waals surface area contributed by atoms with Gasteiger partial charge in [0.1, 0.15) is 18.6 Å². The zero-order valence-electron chi connectivity index (χ0n) is 19.5. The van der Waals surface area contributed by atoms with Gasteiger partial charge in [-0.05, 0) is 29.7 Å². The number of ether oxygens (including phenoxy) is 2. The molecule has 1 atom stereocenters. The number of hydrogen-bond acceptors (Lipinski definition) is 6. The maximum absolute atomic E-state index is 12.9. The fraction of sp³-hybridized carbons (Fsp3) is 0.423. The van der Waals surface area contributed by atoms with Gasteiger partial charge in [0, 0.05) is 44.2 Å². The van der Waals surface area contributed by atoms with Gasteiger partial charge in [0.2, 0.25) is 5.91 Å². The number of rotatable bonds is 10. The van der Waals surface area contributed by atoms with E-state index in [1.54, 1.807) is 19.2 Å². The molecule has 0 bridgehead atoms. The minimum Gasteiger partial charge on any atom is -0.489 e. The van der Waals surface area contributed by atoms with Gasteiger partial charge in [0.15, 0.2) is 0 Å². The number of benzene rings is 2. The molecule has 1 fully saturated rings. The van der Waals surface area contributed by atoms with E-state index in [0.29, 0.717) is 24.5 Å². The Balaban J connectivity index is 1.37. The van der Waals surface area contributed by atoms with Gasteiger partial charge < -0.3 is 24.5 Å². The van der Waals surface area contributed by atoms with Crippen LogP contribution in [0.4, 0.5) is 0 Å². The third-order valence-corrected chi connectivity index (χ3v) is 6.38. The summed E-state index contributed by atoms with van der Waals surface area (Å²) in [5.74, 6) is 0.277. The molecular formula is C26H31N3O5. The van der Waals surface area contributed by atoms with E-state index < -0.39 is 6.04 Å². The Bertz CT molecular complexity index is 1020. The summed E-state index contributed by atoms with van der Waals surface area (Å²) in [6.45, 7) is 5.07. The largest absolute Gasteiger partial charge is 0.489 e. The van der Waals surface area contributed by atoms with Gasteiger partial charge in [-0.3, -0.25) is 14.5 Å². The van der Waals surface area contributed by atoms with Crippen molar-refractivity contribution in [2.45, 2.75) is 38.6 Å². The highest BCUT2D eigenvalue weighted by molar-refractivity contribution is 6.00. The van der Waals surface area contributed by atoms with Crippen molar-refractivity contribution in [2.75, 3.05) is 33.4 Å². The van der Waals surface area contributed by atoms with E-state index in [1.165, 1.54) is 10.5 Å². The molecule has 0 aromatic heterocycles. The van der Waals surface area contributed by atoms with Crippen LogP contribution in [-0.2, 0) is 34.0 Å². The molecule has 8 heteroatoms. The van der Waals surface area contributed by atoms with Crippen molar-refractivity contribution >= 4 is 18.1 Å². The lowest BCUT2D eigenvalue weighted by Crippen LogP contribution is -2.37. The molecule has 0 spiro atoms. The monoisotopic (exact) mass is 465 g/mol. The Morgan fingerprint density at radius 3 is 2.59 bits per heavy atom.